The van der Waals surface area contributed by atoms with Crippen LogP contribution in [0.5, 0.6) is 0 Å². The highest BCUT2D eigenvalue weighted by molar-refractivity contribution is 5.75. The van der Waals surface area contributed by atoms with Gasteiger partial charge >= 0.3 is 12.0 Å². The van der Waals surface area contributed by atoms with Gasteiger partial charge in [0.05, 0.1) is 0 Å². The van der Waals surface area contributed by atoms with Gasteiger partial charge in [0.1, 0.15) is 0 Å². The minimum Gasteiger partial charge on any atom is -0.481 e. The standard InChI is InChI=1S/C10H18N2O3/c1-8(4-2-5-9(13)14)12-7-3-6-11-10(12)15/h8H,2-7H2,1H3,(H,11,15)(H,13,14). The molecular weight excluding hydrogens is 196 g/mol. The predicted molar refractivity (Wildman–Crippen MR) is 55.7 cm³/mol. The maximum Gasteiger partial charge on any atom is 0.317 e. The molecule has 0 saturated carbocycles. The molecule has 0 bridgehead atoms. The lowest BCUT2D eigenvalue weighted by Crippen LogP contribution is -2.50. The molecule has 1 rings (SSSR count). The van der Waals surface area contributed by atoms with Crippen molar-refractivity contribution in [3.05, 3.63) is 0 Å². The van der Waals surface area contributed by atoms with Crippen LogP contribution in [-0.4, -0.2) is 41.1 Å². The molecule has 1 aliphatic heterocycles. The maximum atomic E-state index is 11.4. The van der Waals surface area contributed by atoms with E-state index in [2.05, 4.69) is 5.32 Å². The van der Waals surface area contributed by atoms with E-state index in [9.17, 15) is 9.59 Å². The van der Waals surface area contributed by atoms with Crippen LogP contribution in [0.25, 0.3) is 0 Å². The summed E-state index contributed by atoms with van der Waals surface area (Å²) in [6.45, 7) is 3.49. The molecule has 1 saturated heterocycles. The number of carbonyl (C=O) groups is 2. The molecule has 1 atom stereocenters. The first-order valence-corrected chi connectivity index (χ1v) is 5.37. The summed E-state index contributed by atoms with van der Waals surface area (Å²) in [5.41, 5.74) is 0. The molecule has 86 valence electrons. The molecule has 1 aliphatic rings. The van der Waals surface area contributed by atoms with Crippen LogP contribution in [0.15, 0.2) is 0 Å². The van der Waals surface area contributed by atoms with E-state index >= 15 is 0 Å². The molecular formula is C10H18N2O3. The maximum absolute atomic E-state index is 11.4. The van der Waals surface area contributed by atoms with Gasteiger partial charge in [-0.1, -0.05) is 0 Å². The lowest BCUT2D eigenvalue weighted by molar-refractivity contribution is -0.137. The zero-order chi connectivity index (χ0) is 11.3. The Bertz CT molecular complexity index is 243. The molecule has 0 aliphatic carbocycles. The van der Waals surface area contributed by atoms with Crippen molar-refractivity contribution in [2.75, 3.05) is 13.1 Å². The smallest absolute Gasteiger partial charge is 0.317 e. The zero-order valence-corrected chi connectivity index (χ0v) is 9.03. The van der Waals surface area contributed by atoms with Crippen LogP contribution < -0.4 is 5.32 Å². The minimum absolute atomic E-state index is 0.0240. The average molecular weight is 214 g/mol. The van der Waals surface area contributed by atoms with Crippen LogP contribution >= 0.6 is 0 Å². The highest BCUT2D eigenvalue weighted by Gasteiger charge is 2.22. The molecule has 0 radical (unpaired) electrons. The van der Waals surface area contributed by atoms with Gasteiger partial charge in [-0.15, -0.1) is 0 Å². The van der Waals surface area contributed by atoms with Crippen LogP contribution in [0.2, 0.25) is 0 Å². The first-order chi connectivity index (χ1) is 7.11. The summed E-state index contributed by atoms with van der Waals surface area (Å²) in [5, 5.41) is 11.3. The third-order valence-corrected chi connectivity index (χ3v) is 2.66. The van der Waals surface area contributed by atoms with Gasteiger partial charge in [-0.05, 0) is 26.2 Å². The van der Waals surface area contributed by atoms with E-state index in [4.69, 9.17) is 5.11 Å². The molecule has 1 fully saturated rings. The number of carbonyl (C=O) groups excluding carboxylic acids is 1. The van der Waals surface area contributed by atoms with Gasteiger partial charge in [0, 0.05) is 25.6 Å². The zero-order valence-electron chi connectivity index (χ0n) is 9.03. The Morgan fingerprint density at radius 1 is 1.67 bits per heavy atom. The number of rotatable bonds is 5. The molecule has 2 amide bonds. The van der Waals surface area contributed by atoms with Crippen LogP contribution in [-0.2, 0) is 4.79 Å². The van der Waals surface area contributed by atoms with Gasteiger partial charge in [-0.2, -0.15) is 0 Å². The Hall–Kier alpha value is -1.26. The second kappa shape index (κ2) is 5.58. The molecule has 0 spiro atoms. The number of aliphatic carboxylic acids is 1. The Balaban J connectivity index is 2.28. The Morgan fingerprint density at radius 2 is 2.40 bits per heavy atom. The van der Waals surface area contributed by atoms with Crippen molar-refractivity contribution >= 4 is 12.0 Å². The molecule has 1 unspecified atom stereocenters. The summed E-state index contributed by atoms with van der Waals surface area (Å²) in [5.74, 6) is -0.773. The third kappa shape index (κ3) is 3.77. The SMILES string of the molecule is CC(CCCC(=O)O)N1CCCNC1=O. The number of nitrogens with one attached hydrogen (secondary N) is 1. The quantitative estimate of drug-likeness (QED) is 0.718. The van der Waals surface area contributed by atoms with E-state index in [1.807, 2.05) is 6.92 Å². The summed E-state index contributed by atoms with van der Waals surface area (Å²) in [6.07, 6.45) is 2.52. The summed E-state index contributed by atoms with van der Waals surface area (Å²) in [4.78, 5) is 23.5. The number of carboxylic acids is 1. The molecule has 0 aromatic rings. The first kappa shape index (κ1) is 11.8. The number of amides is 2. The third-order valence-electron chi connectivity index (χ3n) is 2.66. The number of nitrogens with zero attached hydrogens (tertiary/aromatic N) is 1. The molecule has 0 aromatic carbocycles. The van der Waals surface area contributed by atoms with Crippen LogP contribution in [0.1, 0.15) is 32.6 Å². The average Bonchev–Trinajstić information content (AvgIpc) is 2.17. The second-order valence-corrected chi connectivity index (χ2v) is 3.91. The van der Waals surface area contributed by atoms with Gasteiger partial charge in [-0.3, -0.25) is 4.79 Å². The summed E-state index contributed by atoms with van der Waals surface area (Å²) in [6, 6.07) is 0.105. The Kier molecular flexibility index (Phi) is 4.39. The molecule has 2 N–H and O–H groups in total. The van der Waals surface area contributed by atoms with Gasteiger partial charge in [0.15, 0.2) is 0 Å². The minimum atomic E-state index is -0.773. The fourth-order valence-corrected chi connectivity index (χ4v) is 1.77. The number of hydrogen-bond acceptors (Lipinski definition) is 2. The highest BCUT2D eigenvalue weighted by Crippen LogP contribution is 2.11. The fraction of sp³-hybridized carbons (Fsp3) is 0.800. The largest absolute Gasteiger partial charge is 0.481 e. The van der Waals surface area contributed by atoms with Crippen molar-refractivity contribution in [1.29, 1.82) is 0 Å². The summed E-state index contributed by atoms with van der Waals surface area (Å²) >= 11 is 0. The van der Waals surface area contributed by atoms with E-state index in [0.717, 1.165) is 25.9 Å². The van der Waals surface area contributed by atoms with Crippen molar-refractivity contribution in [3.8, 4) is 0 Å². The lowest BCUT2D eigenvalue weighted by Gasteiger charge is -2.32. The second-order valence-electron chi connectivity index (χ2n) is 3.91. The normalized spacial score (nSPS) is 18.5. The molecule has 15 heavy (non-hydrogen) atoms. The molecule has 5 nitrogen and oxygen atoms in total. The number of urea groups is 1. The van der Waals surface area contributed by atoms with Gasteiger partial charge in [0.2, 0.25) is 0 Å². The molecule has 5 heteroatoms. The van der Waals surface area contributed by atoms with Gasteiger partial charge in [0.25, 0.3) is 0 Å². The van der Waals surface area contributed by atoms with Crippen molar-refractivity contribution in [1.82, 2.24) is 10.2 Å². The van der Waals surface area contributed by atoms with Crippen molar-refractivity contribution < 1.29 is 14.7 Å². The van der Waals surface area contributed by atoms with E-state index in [-0.39, 0.29) is 18.5 Å². The van der Waals surface area contributed by atoms with E-state index in [1.54, 1.807) is 4.90 Å². The van der Waals surface area contributed by atoms with Crippen LogP contribution in [0.4, 0.5) is 4.79 Å². The van der Waals surface area contributed by atoms with Crippen molar-refractivity contribution in [2.45, 2.75) is 38.6 Å². The Labute approximate surface area is 89.4 Å². The fourth-order valence-electron chi connectivity index (χ4n) is 1.77. The van der Waals surface area contributed by atoms with Crippen molar-refractivity contribution in [2.24, 2.45) is 0 Å². The first-order valence-electron chi connectivity index (χ1n) is 5.37. The van der Waals surface area contributed by atoms with E-state index < -0.39 is 5.97 Å². The van der Waals surface area contributed by atoms with Crippen molar-refractivity contribution in [3.63, 3.8) is 0 Å². The number of hydrogen-bond donors (Lipinski definition) is 2. The Morgan fingerprint density at radius 3 is 3.00 bits per heavy atom. The van der Waals surface area contributed by atoms with E-state index in [1.165, 1.54) is 0 Å². The van der Waals surface area contributed by atoms with Crippen LogP contribution in [0, 0.1) is 0 Å². The summed E-state index contributed by atoms with van der Waals surface area (Å²) in [7, 11) is 0. The van der Waals surface area contributed by atoms with Gasteiger partial charge in [-0.25, -0.2) is 4.79 Å². The molecule has 0 aromatic heterocycles. The summed E-state index contributed by atoms with van der Waals surface area (Å²) < 4.78 is 0. The van der Waals surface area contributed by atoms with Crippen LogP contribution in [0.3, 0.4) is 0 Å². The predicted octanol–water partition coefficient (Wildman–Crippen LogP) is 1.05. The highest BCUT2D eigenvalue weighted by atomic mass is 16.4. The topological polar surface area (TPSA) is 69.6 Å². The lowest BCUT2D eigenvalue weighted by atomic mass is 10.1. The number of carboxylic acid groups (broad SMARTS) is 1. The van der Waals surface area contributed by atoms with E-state index in [0.29, 0.717) is 6.42 Å². The van der Waals surface area contributed by atoms with Gasteiger partial charge < -0.3 is 15.3 Å². The molecule has 1 heterocycles. The monoisotopic (exact) mass is 214 g/mol.